The first-order valence-corrected chi connectivity index (χ1v) is 7.22. The van der Waals surface area contributed by atoms with E-state index in [1.54, 1.807) is 0 Å². The second kappa shape index (κ2) is 4.93. The van der Waals surface area contributed by atoms with Crippen molar-refractivity contribution < 1.29 is 4.42 Å². The van der Waals surface area contributed by atoms with Crippen LogP contribution in [0.2, 0.25) is 0 Å². The van der Waals surface area contributed by atoms with Crippen LogP contribution < -0.4 is 5.32 Å². The Hall–Kier alpha value is -2.27. The molecule has 0 unspecified atom stereocenters. The van der Waals surface area contributed by atoms with Crippen LogP contribution in [0.1, 0.15) is 24.4 Å². The van der Waals surface area contributed by atoms with Gasteiger partial charge in [-0.3, -0.25) is 4.98 Å². The van der Waals surface area contributed by atoms with Crippen molar-refractivity contribution >= 4 is 10.9 Å². The van der Waals surface area contributed by atoms with Gasteiger partial charge in [0.05, 0.1) is 12.1 Å². The number of aryl methyl sites for hydroxylation is 1. The predicted molar refractivity (Wildman–Crippen MR) is 79.6 cm³/mol. The van der Waals surface area contributed by atoms with Crippen molar-refractivity contribution in [3.8, 4) is 11.5 Å². The fraction of sp³-hybridized carbons (Fsp3) is 0.312. The first-order valence-electron chi connectivity index (χ1n) is 7.22. The lowest BCUT2D eigenvalue weighted by molar-refractivity contribution is 0.476. The average molecular weight is 280 g/mol. The summed E-state index contributed by atoms with van der Waals surface area (Å²) >= 11 is 0. The van der Waals surface area contributed by atoms with Crippen molar-refractivity contribution in [3.05, 3.63) is 41.9 Å². The molecule has 0 aliphatic heterocycles. The van der Waals surface area contributed by atoms with Crippen LogP contribution >= 0.6 is 0 Å². The fourth-order valence-electron chi connectivity index (χ4n) is 2.44. The summed E-state index contributed by atoms with van der Waals surface area (Å²) in [5.74, 6) is 1.19. The van der Waals surface area contributed by atoms with E-state index < -0.39 is 0 Å². The molecule has 1 fully saturated rings. The smallest absolute Gasteiger partial charge is 0.248 e. The molecule has 0 bridgehead atoms. The van der Waals surface area contributed by atoms with Crippen LogP contribution in [0.4, 0.5) is 0 Å². The number of nitrogens with zero attached hydrogens (tertiary/aromatic N) is 3. The summed E-state index contributed by atoms with van der Waals surface area (Å²) in [5, 5.41) is 12.7. The molecule has 1 aliphatic carbocycles. The molecule has 0 atom stereocenters. The van der Waals surface area contributed by atoms with Crippen LogP contribution in [-0.4, -0.2) is 21.2 Å². The third-order valence-corrected chi connectivity index (χ3v) is 3.66. The van der Waals surface area contributed by atoms with E-state index in [4.69, 9.17) is 4.42 Å². The summed E-state index contributed by atoms with van der Waals surface area (Å²) in [5.41, 5.74) is 2.84. The molecule has 0 amide bonds. The molecular formula is C16H16N4O. The number of aromatic nitrogens is 3. The molecule has 1 N–H and O–H groups in total. The van der Waals surface area contributed by atoms with Gasteiger partial charge in [0, 0.05) is 22.7 Å². The third-order valence-electron chi connectivity index (χ3n) is 3.66. The summed E-state index contributed by atoms with van der Waals surface area (Å²) in [7, 11) is 0. The zero-order valence-corrected chi connectivity index (χ0v) is 11.8. The van der Waals surface area contributed by atoms with E-state index in [0.29, 0.717) is 24.4 Å². The van der Waals surface area contributed by atoms with Crippen LogP contribution in [0.25, 0.3) is 22.4 Å². The van der Waals surface area contributed by atoms with E-state index in [9.17, 15) is 0 Å². The molecule has 2 heterocycles. The molecule has 3 aromatic rings. The molecule has 5 heteroatoms. The van der Waals surface area contributed by atoms with Gasteiger partial charge in [-0.15, -0.1) is 10.2 Å². The number of benzene rings is 1. The van der Waals surface area contributed by atoms with Gasteiger partial charge in [-0.05, 0) is 31.9 Å². The minimum atomic E-state index is 0.560. The van der Waals surface area contributed by atoms with Gasteiger partial charge >= 0.3 is 0 Å². The van der Waals surface area contributed by atoms with E-state index in [1.165, 1.54) is 12.8 Å². The van der Waals surface area contributed by atoms with Gasteiger partial charge in [0.2, 0.25) is 11.8 Å². The van der Waals surface area contributed by atoms with Crippen LogP contribution in [0, 0.1) is 6.92 Å². The Labute approximate surface area is 122 Å². The first kappa shape index (κ1) is 12.5. The summed E-state index contributed by atoms with van der Waals surface area (Å²) in [6.45, 7) is 2.61. The summed E-state index contributed by atoms with van der Waals surface area (Å²) in [4.78, 5) is 4.53. The Balaban J connectivity index is 1.71. The van der Waals surface area contributed by atoms with E-state index in [0.717, 1.165) is 22.2 Å². The molecule has 0 radical (unpaired) electrons. The number of pyridine rings is 1. The van der Waals surface area contributed by atoms with Crippen molar-refractivity contribution in [3.63, 3.8) is 0 Å². The molecule has 1 saturated carbocycles. The minimum Gasteiger partial charge on any atom is -0.419 e. The average Bonchev–Trinajstić information content (AvgIpc) is 3.21. The van der Waals surface area contributed by atoms with E-state index in [2.05, 4.69) is 20.5 Å². The minimum absolute atomic E-state index is 0.560. The standard InChI is InChI=1S/C16H16N4O/c1-10-8-13(12-4-2-3-5-14(12)18-10)16-20-19-15(21-16)9-17-11-6-7-11/h2-5,8,11,17H,6-7,9H2,1H3. The van der Waals surface area contributed by atoms with Gasteiger partial charge in [0.25, 0.3) is 0 Å². The van der Waals surface area contributed by atoms with E-state index in [-0.39, 0.29) is 0 Å². The lowest BCUT2D eigenvalue weighted by Gasteiger charge is -2.04. The molecule has 106 valence electrons. The molecule has 5 nitrogen and oxygen atoms in total. The highest BCUT2D eigenvalue weighted by Gasteiger charge is 2.21. The highest BCUT2D eigenvalue weighted by molar-refractivity contribution is 5.92. The maximum Gasteiger partial charge on any atom is 0.248 e. The quantitative estimate of drug-likeness (QED) is 0.796. The Bertz CT molecular complexity index is 792. The molecule has 2 aromatic heterocycles. The normalized spacial score (nSPS) is 14.7. The monoisotopic (exact) mass is 280 g/mol. The van der Waals surface area contributed by atoms with E-state index in [1.807, 2.05) is 37.3 Å². The molecule has 1 aromatic carbocycles. The second-order valence-corrected chi connectivity index (χ2v) is 5.48. The maximum atomic E-state index is 5.80. The number of hydrogen-bond donors (Lipinski definition) is 1. The first-order chi connectivity index (χ1) is 10.3. The largest absolute Gasteiger partial charge is 0.419 e. The highest BCUT2D eigenvalue weighted by Crippen LogP contribution is 2.27. The number of fused-ring (bicyclic) bond motifs is 1. The summed E-state index contributed by atoms with van der Waals surface area (Å²) in [6.07, 6.45) is 2.49. The Kier molecular flexibility index (Phi) is 2.93. The summed E-state index contributed by atoms with van der Waals surface area (Å²) < 4.78 is 5.80. The number of nitrogens with one attached hydrogen (secondary N) is 1. The lowest BCUT2D eigenvalue weighted by Crippen LogP contribution is -2.15. The fourth-order valence-corrected chi connectivity index (χ4v) is 2.44. The molecular weight excluding hydrogens is 264 g/mol. The Morgan fingerprint density at radius 1 is 1.24 bits per heavy atom. The highest BCUT2D eigenvalue weighted by atomic mass is 16.4. The van der Waals surface area contributed by atoms with E-state index >= 15 is 0 Å². The van der Waals surface area contributed by atoms with Crippen LogP contribution in [0.3, 0.4) is 0 Å². The second-order valence-electron chi connectivity index (χ2n) is 5.48. The van der Waals surface area contributed by atoms with Crippen molar-refractivity contribution in [2.45, 2.75) is 32.4 Å². The van der Waals surface area contributed by atoms with Crippen molar-refractivity contribution in [2.75, 3.05) is 0 Å². The Morgan fingerprint density at radius 2 is 2.10 bits per heavy atom. The van der Waals surface area contributed by atoms with Gasteiger partial charge in [-0.1, -0.05) is 18.2 Å². The number of rotatable bonds is 4. The van der Waals surface area contributed by atoms with Crippen molar-refractivity contribution in [2.24, 2.45) is 0 Å². The SMILES string of the molecule is Cc1cc(-c2nnc(CNC3CC3)o2)c2ccccc2n1. The van der Waals surface area contributed by atoms with Crippen LogP contribution in [0.5, 0.6) is 0 Å². The van der Waals surface area contributed by atoms with Gasteiger partial charge < -0.3 is 9.73 Å². The van der Waals surface area contributed by atoms with Crippen LogP contribution in [0.15, 0.2) is 34.7 Å². The molecule has 21 heavy (non-hydrogen) atoms. The maximum absolute atomic E-state index is 5.80. The zero-order chi connectivity index (χ0) is 14.2. The molecule has 1 aliphatic rings. The Morgan fingerprint density at radius 3 is 2.95 bits per heavy atom. The van der Waals surface area contributed by atoms with Gasteiger partial charge in [-0.25, -0.2) is 0 Å². The predicted octanol–water partition coefficient (Wildman–Crippen LogP) is 2.85. The third kappa shape index (κ3) is 2.52. The van der Waals surface area contributed by atoms with Crippen molar-refractivity contribution in [1.82, 2.24) is 20.5 Å². The number of para-hydroxylation sites is 1. The van der Waals surface area contributed by atoms with Gasteiger partial charge in [-0.2, -0.15) is 0 Å². The number of hydrogen-bond acceptors (Lipinski definition) is 5. The van der Waals surface area contributed by atoms with Crippen LogP contribution in [-0.2, 0) is 6.54 Å². The zero-order valence-electron chi connectivity index (χ0n) is 11.8. The molecule has 0 spiro atoms. The summed E-state index contributed by atoms with van der Waals surface area (Å²) in [6, 6.07) is 10.6. The topological polar surface area (TPSA) is 63.8 Å². The van der Waals surface area contributed by atoms with Crippen molar-refractivity contribution in [1.29, 1.82) is 0 Å². The molecule has 0 saturated heterocycles. The van der Waals surface area contributed by atoms with Gasteiger partial charge in [0.15, 0.2) is 0 Å². The van der Waals surface area contributed by atoms with Gasteiger partial charge in [0.1, 0.15) is 0 Å². The molecule has 4 rings (SSSR count). The lowest BCUT2D eigenvalue weighted by atomic mass is 10.1.